The number of nitrogens with one attached hydrogen (secondary N) is 1. The van der Waals surface area contributed by atoms with Crippen LogP contribution in [0.15, 0.2) is 51.8 Å². The van der Waals surface area contributed by atoms with Gasteiger partial charge in [0.05, 0.1) is 16.5 Å². The third-order valence-corrected chi connectivity index (χ3v) is 6.19. The molecule has 1 atom stereocenters. The Morgan fingerprint density at radius 1 is 1.22 bits per heavy atom. The summed E-state index contributed by atoms with van der Waals surface area (Å²) in [5.74, 6) is 0.604. The van der Waals surface area contributed by atoms with Gasteiger partial charge in [0, 0.05) is 6.04 Å². The molecule has 0 saturated heterocycles. The minimum Gasteiger partial charge on any atom is -0.496 e. The normalized spacial score (nSPS) is 17.6. The van der Waals surface area contributed by atoms with Gasteiger partial charge in [-0.15, -0.1) is 0 Å². The maximum Gasteiger partial charge on any atom is 0.241 e. The van der Waals surface area contributed by atoms with Crippen molar-refractivity contribution < 1.29 is 13.2 Å². The van der Waals surface area contributed by atoms with Gasteiger partial charge < -0.3 is 4.74 Å². The molecular formula is C17H18BrNO3S. The van der Waals surface area contributed by atoms with Crippen LogP contribution in [0, 0.1) is 0 Å². The van der Waals surface area contributed by atoms with Gasteiger partial charge in [-0.2, -0.15) is 0 Å². The first kappa shape index (κ1) is 16.5. The lowest BCUT2D eigenvalue weighted by molar-refractivity contribution is 0.411. The molecule has 0 amide bonds. The predicted molar refractivity (Wildman–Crippen MR) is 93.1 cm³/mol. The van der Waals surface area contributed by atoms with E-state index in [1.54, 1.807) is 25.3 Å². The summed E-state index contributed by atoms with van der Waals surface area (Å²) in [5.41, 5.74) is 2.30. The smallest absolute Gasteiger partial charge is 0.241 e. The molecule has 0 heterocycles. The summed E-state index contributed by atoms with van der Waals surface area (Å²) in [7, 11) is -2.04. The van der Waals surface area contributed by atoms with Gasteiger partial charge >= 0.3 is 0 Å². The molecule has 0 radical (unpaired) electrons. The average molecular weight is 396 g/mol. The number of aryl methyl sites for hydroxylation is 1. The zero-order valence-corrected chi connectivity index (χ0v) is 15.2. The van der Waals surface area contributed by atoms with Crippen LogP contribution in [0.4, 0.5) is 0 Å². The van der Waals surface area contributed by atoms with E-state index < -0.39 is 10.0 Å². The van der Waals surface area contributed by atoms with Crippen molar-refractivity contribution >= 4 is 26.0 Å². The number of hydrogen-bond acceptors (Lipinski definition) is 3. The van der Waals surface area contributed by atoms with Gasteiger partial charge in [-0.25, -0.2) is 13.1 Å². The molecule has 1 aliphatic carbocycles. The number of benzene rings is 2. The highest BCUT2D eigenvalue weighted by molar-refractivity contribution is 9.10. The zero-order valence-electron chi connectivity index (χ0n) is 12.8. The highest BCUT2D eigenvalue weighted by Crippen LogP contribution is 2.32. The second-order valence-corrected chi connectivity index (χ2v) is 8.13. The first-order valence-corrected chi connectivity index (χ1v) is 9.72. The molecule has 0 bridgehead atoms. The summed E-state index contributed by atoms with van der Waals surface area (Å²) in [4.78, 5) is 0.230. The second kappa shape index (κ2) is 6.63. The van der Waals surface area contributed by atoms with Crippen molar-refractivity contribution in [2.75, 3.05) is 7.11 Å². The SMILES string of the molecule is COc1ccc(S(=O)(=O)N[C@@H]2CCCc3ccccc32)cc1Br. The van der Waals surface area contributed by atoms with E-state index in [9.17, 15) is 8.42 Å². The van der Waals surface area contributed by atoms with Gasteiger partial charge in [-0.1, -0.05) is 24.3 Å². The molecule has 0 aliphatic heterocycles. The lowest BCUT2D eigenvalue weighted by Crippen LogP contribution is -2.31. The standard InChI is InChI=1S/C17H18BrNO3S/c1-22-17-10-9-13(11-15(17)18)23(20,21)19-16-8-4-6-12-5-2-3-7-14(12)16/h2-3,5,7,9-11,16,19H,4,6,8H2,1H3/t16-/m1/s1. The molecule has 2 aromatic rings. The van der Waals surface area contributed by atoms with Gasteiger partial charge in [-0.05, 0) is 64.5 Å². The Balaban J connectivity index is 1.89. The Bertz CT molecular complexity index is 820. The Hall–Kier alpha value is -1.37. The van der Waals surface area contributed by atoms with E-state index in [4.69, 9.17) is 4.74 Å². The maximum atomic E-state index is 12.7. The number of methoxy groups -OCH3 is 1. The monoisotopic (exact) mass is 395 g/mol. The topological polar surface area (TPSA) is 55.4 Å². The summed E-state index contributed by atoms with van der Waals surface area (Å²) < 4.78 is 34.0. The molecule has 6 heteroatoms. The van der Waals surface area contributed by atoms with Crippen molar-refractivity contribution in [1.29, 1.82) is 0 Å². The van der Waals surface area contributed by atoms with E-state index >= 15 is 0 Å². The minimum atomic E-state index is -3.59. The first-order valence-electron chi connectivity index (χ1n) is 7.45. The van der Waals surface area contributed by atoms with Crippen LogP contribution in [0.1, 0.15) is 30.0 Å². The first-order chi connectivity index (χ1) is 11.0. The lowest BCUT2D eigenvalue weighted by Gasteiger charge is -2.26. The summed E-state index contributed by atoms with van der Waals surface area (Å²) >= 11 is 3.33. The Labute approximate surface area is 145 Å². The Morgan fingerprint density at radius 3 is 2.74 bits per heavy atom. The van der Waals surface area contributed by atoms with Gasteiger partial charge in [0.15, 0.2) is 0 Å². The predicted octanol–water partition coefficient (Wildman–Crippen LogP) is 3.81. The third-order valence-electron chi connectivity index (χ3n) is 4.10. The van der Waals surface area contributed by atoms with Crippen LogP contribution in [0.5, 0.6) is 5.75 Å². The lowest BCUT2D eigenvalue weighted by atomic mass is 9.88. The molecular weight excluding hydrogens is 378 g/mol. The van der Waals surface area contributed by atoms with Crippen molar-refractivity contribution in [3.05, 3.63) is 58.1 Å². The zero-order chi connectivity index (χ0) is 16.4. The van der Waals surface area contributed by atoms with Crippen LogP contribution < -0.4 is 9.46 Å². The van der Waals surface area contributed by atoms with Crippen molar-refractivity contribution in [2.45, 2.75) is 30.2 Å². The van der Waals surface area contributed by atoms with Gasteiger partial charge in [0.1, 0.15) is 5.75 Å². The molecule has 0 spiro atoms. The van der Waals surface area contributed by atoms with E-state index in [1.807, 2.05) is 18.2 Å². The molecule has 122 valence electrons. The highest BCUT2D eigenvalue weighted by Gasteiger charge is 2.25. The second-order valence-electron chi connectivity index (χ2n) is 5.56. The summed E-state index contributed by atoms with van der Waals surface area (Å²) in [5, 5.41) is 0. The number of ether oxygens (including phenoxy) is 1. The van der Waals surface area contributed by atoms with Crippen LogP contribution in [0.3, 0.4) is 0 Å². The minimum absolute atomic E-state index is 0.175. The quantitative estimate of drug-likeness (QED) is 0.855. The molecule has 0 saturated carbocycles. The van der Waals surface area contributed by atoms with E-state index in [0.29, 0.717) is 10.2 Å². The van der Waals surface area contributed by atoms with Crippen LogP contribution in [-0.2, 0) is 16.4 Å². The molecule has 4 nitrogen and oxygen atoms in total. The van der Waals surface area contributed by atoms with E-state index in [0.717, 1.165) is 24.8 Å². The fraction of sp³-hybridized carbons (Fsp3) is 0.294. The van der Waals surface area contributed by atoms with Crippen molar-refractivity contribution in [3.63, 3.8) is 0 Å². The summed E-state index contributed by atoms with van der Waals surface area (Å²) in [6.07, 6.45) is 2.80. The fourth-order valence-corrected chi connectivity index (χ4v) is 4.91. The molecule has 2 aromatic carbocycles. The molecule has 1 N–H and O–H groups in total. The number of halogens is 1. The Morgan fingerprint density at radius 2 is 2.00 bits per heavy atom. The summed E-state index contributed by atoms with van der Waals surface area (Å²) in [6.45, 7) is 0. The Kier molecular flexibility index (Phi) is 4.75. The largest absolute Gasteiger partial charge is 0.496 e. The average Bonchev–Trinajstić information content (AvgIpc) is 2.55. The molecule has 0 unspecified atom stereocenters. The number of hydrogen-bond donors (Lipinski definition) is 1. The number of fused-ring (bicyclic) bond motifs is 1. The molecule has 0 aromatic heterocycles. The van der Waals surface area contributed by atoms with Crippen molar-refractivity contribution in [1.82, 2.24) is 4.72 Å². The van der Waals surface area contributed by atoms with E-state index in [2.05, 4.69) is 26.7 Å². The molecule has 3 rings (SSSR count). The fourth-order valence-electron chi connectivity index (χ4n) is 2.95. The van der Waals surface area contributed by atoms with Crippen LogP contribution in [0.25, 0.3) is 0 Å². The van der Waals surface area contributed by atoms with Crippen LogP contribution in [-0.4, -0.2) is 15.5 Å². The number of sulfonamides is 1. The highest BCUT2D eigenvalue weighted by atomic mass is 79.9. The molecule has 0 fully saturated rings. The number of rotatable bonds is 4. The van der Waals surface area contributed by atoms with Gasteiger partial charge in [0.2, 0.25) is 10.0 Å². The van der Waals surface area contributed by atoms with E-state index in [1.165, 1.54) is 5.56 Å². The van der Waals surface area contributed by atoms with Crippen LogP contribution >= 0.6 is 15.9 Å². The van der Waals surface area contributed by atoms with Crippen molar-refractivity contribution in [2.24, 2.45) is 0 Å². The molecule has 23 heavy (non-hydrogen) atoms. The van der Waals surface area contributed by atoms with Crippen LogP contribution in [0.2, 0.25) is 0 Å². The summed E-state index contributed by atoms with van der Waals surface area (Å²) in [6, 6.07) is 12.6. The van der Waals surface area contributed by atoms with Crippen molar-refractivity contribution in [3.8, 4) is 5.75 Å². The van der Waals surface area contributed by atoms with E-state index in [-0.39, 0.29) is 10.9 Å². The van der Waals surface area contributed by atoms with Gasteiger partial charge in [-0.3, -0.25) is 0 Å². The maximum absolute atomic E-state index is 12.7. The third kappa shape index (κ3) is 3.44. The molecule has 1 aliphatic rings. The van der Waals surface area contributed by atoms with Gasteiger partial charge in [0.25, 0.3) is 0 Å².